The summed E-state index contributed by atoms with van der Waals surface area (Å²) < 4.78 is 37.7. The van der Waals surface area contributed by atoms with Gasteiger partial charge in [-0.2, -0.15) is 5.10 Å². The van der Waals surface area contributed by atoms with Crippen molar-refractivity contribution < 1.29 is 18.3 Å². The van der Waals surface area contributed by atoms with E-state index in [0.29, 0.717) is 27.1 Å². The summed E-state index contributed by atoms with van der Waals surface area (Å²) in [6, 6.07) is 7.75. The van der Waals surface area contributed by atoms with E-state index in [4.69, 9.17) is 16.3 Å². The number of allylic oxidation sites excluding steroid dienone is 1. The van der Waals surface area contributed by atoms with Gasteiger partial charge in [0.2, 0.25) is 0 Å². The van der Waals surface area contributed by atoms with Crippen LogP contribution in [0.1, 0.15) is 46.8 Å². The Labute approximate surface area is 201 Å². The van der Waals surface area contributed by atoms with Gasteiger partial charge in [-0.1, -0.05) is 51.4 Å². The number of halogens is 4. The normalized spacial score (nSPS) is 15.2. The molecule has 1 aromatic heterocycles. The molecule has 0 fully saturated rings. The lowest BCUT2D eigenvalue weighted by Gasteiger charge is -2.12. The van der Waals surface area contributed by atoms with Crippen LogP contribution in [0.5, 0.6) is 0 Å². The molecule has 1 unspecified atom stereocenters. The summed E-state index contributed by atoms with van der Waals surface area (Å²) in [4.78, 5) is 13.0. The number of carbonyl (C=O) groups is 1. The Hall–Kier alpha value is -2.16. The second-order valence-corrected chi connectivity index (χ2v) is 9.32. The summed E-state index contributed by atoms with van der Waals surface area (Å²) in [6.45, 7) is 4.44. The Morgan fingerprint density at radius 2 is 2.03 bits per heavy atom. The molecule has 32 heavy (non-hydrogen) atoms. The summed E-state index contributed by atoms with van der Waals surface area (Å²) >= 11 is 10.8. The largest absolute Gasteiger partial charge is 0.462 e. The highest BCUT2D eigenvalue weighted by Crippen LogP contribution is 2.55. The first kappa shape index (κ1) is 23.0. The predicted octanol–water partition coefficient (Wildman–Crippen LogP) is 7.01. The molecule has 1 aliphatic carbocycles. The van der Waals surface area contributed by atoms with Gasteiger partial charge in [0.1, 0.15) is 5.82 Å². The Morgan fingerprint density at radius 1 is 1.25 bits per heavy atom. The fourth-order valence-electron chi connectivity index (χ4n) is 3.62. The molecule has 0 radical (unpaired) electrons. The Balaban J connectivity index is 1.82. The number of hydrogen-bond donors (Lipinski definition) is 0. The molecule has 1 heterocycles. The Kier molecular flexibility index (Phi) is 6.74. The van der Waals surface area contributed by atoms with Crippen molar-refractivity contribution in [1.29, 1.82) is 0 Å². The van der Waals surface area contributed by atoms with E-state index in [9.17, 15) is 4.79 Å². The topological polar surface area (TPSA) is 44.1 Å². The molecule has 0 saturated heterocycles. The SMILES string of the molecule is CCOC(=O)c1cccc(SC2=C(Br)C(c3cnn(CC)c3)c3c2ccc(Cl)c3F)c1F. The maximum Gasteiger partial charge on any atom is 0.341 e. The summed E-state index contributed by atoms with van der Waals surface area (Å²) in [5.74, 6) is -2.40. The van der Waals surface area contributed by atoms with Gasteiger partial charge in [0.25, 0.3) is 0 Å². The van der Waals surface area contributed by atoms with Crippen molar-refractivity contribution in [2.75, 3.05) is 6.61 Å². The molecule has 166 valence electrons. The number of rotatable bonds is 6. The minimum Gasteiger partial charge on any atom is -0.462 e. The van der Waals surface area contributed by atoms with Crippen LogP contribution in [0.3, 0.4) is 0 Å². The van der Waals surface area contributed by atoms with E-state index in [2.05, 4.69) is 21.0 Å². The third-order valence-electron chi connectivity index (χ3n) is 5.12. The monoisotopic (exact) mass is 538 g/mol. The van der Waals surface area contributed by atoms with Crippen LogP contribution >= 0.6 is 39.3 Å². The van der Waals surface area contributed by atoms with Crippen molar-refractivity contribution in [2.24, 2.45) is 0 Å². The van der Waals surface area contributed by atoms with Crippen LogP contribution in [0.4, 0.5) is 8.78 Å². The van der Waals surface area contributed by atoms with Crippen LogP contribution < -0.4 is 0 Å². The third kappa shape index (κ3) is 4.00. The highest BCUT2D eigenvalue weighted by molar-refractivity contribution is 9.12. The van der Waals surface area contributed by atoms with Gasteiger partial charge >= 0.3 is 5.97 Å². The molecule has 9 heteroatoms. The molecule has 1 aliphatic rings. The van der Waals surface area contributed by atoms with Crippen LogP contribution in [0.15, 0.2) is 52.1 Å². The third-order valence-corrected chi connectivity index (χ3v) is 7.71. The molecular weight excluding hydrogens is 522 g/mol. The van der Waals surface area contributed by atoms with Gasteiger partial charge in [0, 0.05) is 44.1 Å². The molecule has 0 saturated carbocycles. The van der Waals surface area contributed by atoms with Gasteiger partial charge in [-0.3, -0.25) is 4.68 Å². The average Bonchev–Trinajstić information content (AvgIpc) is 3.35. The van der Waals surface area contributed by atoms with Gasteiger partial charge in [0.05, 0.1) is 23.4 Å². The van der Waals surface area contributed by atoms with Crippen molar-refractivity contribution >= 4 is 50.2 Å². The van der Waals surface area contributed by atoms with Gasteiger partial charge < -0.3 is 4.74 Å². The molecule has 4 rings (SSSR count). The number of carbonyl (C=O) groups excluding carboxylic acids is 1. The maximum atomic E-state index is 15.2. The summed E-state index contributed by atoms with van der Waals surface area (Å²) in [5, 5.41) is 4.32. The molecule has 3 aromatic rings. The van der Waals surface area contributed by atoms with Crippen LogP contribution in [-0.2, 0) is 11.3 Å². The lowest BCUT2D eigenvalue weighted by atomic mass is 9.95. The number of benzene rings is 2. The number of hydrogen-bond acceptors (Lipinski definition) is 4. The van der Waals surface area contributed by atoms with E-state index < -0.39 is 23.5 Å². The van der Waals surface area contributed by atoms with E-state index in [1.807, 2.05) is 13.1 Å². The zero-order chi connectivity index (χ0) is 23.0. The Morgan fingerprint density at radius 3 is 2.72 bits per heavy atom. The highest BCUT2D eigenvalue weighted by atomic mass is 79.9. The minimum atomic E-state index is -0.727. The molecular formula is C23H18BrClF2N2O2S. The fourth-order valence-corrected chi connectivity index (χ4v) is 5.80. The summed E-state index contributed by atoms with van der Waals surface area (Å²) in [5.41, 5.74) is 1.66. The molecule has 0 N–H and O–H groups in total. The quantitative estimate of drug-likeness (QED) is 0.316. The smallest absolute Gasteiger partial charge is 0.341 e. The number of ether oxygens (including phenoxy) is 1. The van der Waals surface area contributed by atoms with Crippen molar-refractivity contribution in [3.05, 3.63) is 86.1 Å². The standard InChI is InChI=1S/C23H18BrClF2N2O2S/c1-3-29-11-12(10-28-29)17-18-13(8-9-15(25)21(18)27)22(19(17)24)32-16-7-5-6-14(20(16)26)23(30)31-4-2/h5-11,17H,3-4H2,1-2H3. The van der Waals surface area contributed by atoms with Crippen LogP contribution in [0, 0.1) is 11.6 Å². The van der Waals surface area contributed by atoms with E-state index >= 15 is 8.78 Å². The first-order valence-electron chi connectivity index (χ1n) is 9.91. The van der Waals surface area contributed by atoms with E-state index in [1.165, 1.54) is 12.1 Å². The Bertz CT molecular complexity index is 1240. The first-order valence-corrected chi connectivity index (χ1v) is 11.9. The number of aryl methyl sites for hydroxylation is 1. The van der Waals surface area contributed by atoms with E-state index in [-0.39, 0.29) is 22.1 Å². The number of fused-ring (bicyclic) bond motifs is 1. The summed E-state index contributed by atoms with van der Waals surface area (Å²) in [6.07, 6.45) is 3.54. The van der Waals surface area contributed by atoms with Gasteiger partial charge in [-0.25, -0.2) is 13.6 Å². The predicted molar refractivity (Wildman–Crippen MR) is 125 cm³/mol. The van der Waals surface area contributed by atoms with E-state index in [1.54, 1.807) is 36.0 Å². The van der Waals surface area contributed by atoms with E-state index in [0.717, 1.165) is 17.3 Å². The number of nitrogens with zero attached hydrogens (tertiary/aromatic N) is 2. The van der Waals surface area contributed by atoms with Gasteiger partial charge in [-0.15, -0.1) is 0 Å². The molecule has 0 spiro atoms. The average molecular weight is 540 g/mol. The first-order chi connectivity index (χ1) is 15.4. The highest BCUT2D eigenvalue weighted by Gasteiger charge is 2.36. The lowest BCUT2D eigenvalue weighted by Crippen LogP contribution is -2.07. The van der Waals surface area contributed by atoms with Crippen LogP contribution in [-0.4, -0.2) is 22.4 Å². The second-order valence-electron chi connectivity index (χ2n) is 7.00. The molecule has 1 atom stereocenters. The van der Waals surface area contributed by atoms with Crippen LogP contribution in [0.2, 0.25) is 5.02 Å². The molecule has 0 bridgehead atoms. The second kappa shape index (κ2) is 9.37. The lowest BCUT2D eigenvalue weighted by molar-refractivity contribution is 0.0520. The van der Waals surface area contributed by atoms with Crippen molar-refractivity contribution in [2.45, 2.75) is 31.2 Å². The number of thioether (sulfide) groups is 1. The molecule has 4 nitrogen and oxygen atoms in total. The zero-order valence-electron chi connectivity index (χ0n) is 17.2. The molecule has 0 aliphatic heterocycles. The number of aromatic nitrogens is 2. The van der Waals surface area contributed by atoms with Crippen molar-refractivity contribution in [3.63, 3.8) is 0 Å². The van der Waals surface area contributed by atoms with Crippen molar-refractivity contribution in [1.82, 2.24) is 9.78 Å². The van der Waals surface area contributed by atoms with Gasteiger partial charge in [0.15, 0.2) is 5.82 Å². The molecule has 0 amide bonds. The zero-order valence-corrected chi connectivity index (χ0v) is 20.3. The van der Waals surface area contributed by atoms with Gasteiger partial charge in [-0.05, 0) is 37.6 Å². The minimum absolute atomic E-state index is 0.0127. The molecule has 2 aromatic carbocycles. The van der Waals surface area contributed by atoms with Crippen molar-refractivity contribution in [3.8, 4) is 0 Å². The maximum absolute atomic E-state index is 15.2. The van der Waals surface area contributed by atoms with Crippen LogP contribution in [0.25, 0.3) is 4.91 Å². The summed E-state index contributed by atoms with van der Waals surface area (Å²) in [7, 11) is 0. The number of esters is 1. The fraction of sp³-hybridized carbons (Fsp3) is 0.217.